The maximum atomic E-state index is 13.3. The number of nitrogens with zero attached hydrogens (tertiary/aromatic N) is 5. The van der Waals surface area contributed by atoms with Gasteiger partial charge in [-0.25, -0.2) is 9.48 Å². The lowest BCUT2D eigenvalue weighted by Crippen LogP contribution is -2.39. The summed E-state index contributed by atoms with van der Waals surface area (Å²) >= 11 is 5.85. The highest BCUT2D eigenvalue weighted by Gasteiger charge is 2.39. The van der Waals surface area contributed by atoms with Crippen LogP contribution in [0.25, 0.3) is 11.4 Å². The number of hydrogen-bond acceptors (Lipinski definition) is 8. The Kier molecular flexibility index (Phi) is 8.12. The number of halogens is 7. The number of amides is 1. The Bertz CT molecular complexity index is 1600. The molecule has 4 N–H and O–H groups in total. The summed E-state index contributed by atoms with van der Waals surface area (Å²) in [7, 11) is 0. The number of rotatable bonds is 8. The minimum absolute atomic E-state index is 0.134. The molecule has 0 saturated heterocycles. The maximum absolute atomic E-state index is 13.3. The first-order valence-electron chi connectivity index (χ1n) is 11.4. The number of aromatic nitrogens is 5. The molecular formula is C23H18ClF6N7O4. The van der Waals surface area contributed by atoms with E-state index in [9.17, 15) is 41.0 Å². The third-order valence-electron chi connectivity index (χ3n) is 5.61. The van der Waals surface area contributed by atoms with Crippen LogP contribution in [0.1, 0.15) is 23.1 Å². The summed E-state index contributed by atoms with van der Waals surface area (Å²) in [6.45, 7) is -2.14. The van der Waals surface area contributed by atoms with Crippen LogP contribution in [0, 0.1) is 0 Å². The number of benzene rings is 2. The van der Waals surface area contributed by atoms with Crippen LogP contribution in [-0.2, 0) is 24.1 Å². The molecule has 2 heterocycles. The fourth-order valence-corrected chi connectivity index (χ4v) is 3.81. The van der Waals surface area contributed by atoms with E-state index in [0.717, 1.165) is 18.2 Å². The summed E-state index contributed by atoms with van der Waals surface area (Å²) in [5.41, 5.74) is 3.19. The lowest BCUT2D eigenvalue weighted by atomic mass is 10.0. The zero-order chi connectivity index (χ0) is 30.1. The van der Waals surface area contributed by atoms with E-state index >= 15 is 0 Å². The fourth-order valence-electron chi connectivity index (χ4n) is 3.69. The van der Waals surface area contributed by atoms with Crippen LogP contribution < -0.4 is 16.7 Å². The first-order valence-corrected chi connectivity index (χ1v) is 11.7. The summed E-state index contributed by atoms with van der Waals surface area (Å²) < 4.78 is 85.2. The zero-order valence-corrected chi connectivity index (χ0v) is 21.1. The number of alkyl halides is 6. The van der Waals surface area contributed by atoms with Gasteiger partial charge in [0.05, 0.1) is 12.1 Å². The van der Waals surface area contributed by atoms with Crippen molar-refractivity contribution in [2.75, 3.05) is 5.73 Å². The molecule has 2 aromatic heterocycles. The molecule has 0 aliphatic carbocycles. The Labute approximate surface area is 230 Å². The number of anilines is 1. The van der Waals surface area contributed by atoms with Crippen LogP contribution in [0.4, 0.5) is 32.4 Å². The number of aliphatic hydroxyl groups excluding tert-OH is 1. The van der Waals surface area contributed by atoms with Gasteiger partial charge in [-0.2, -0.15) is 26.3 Å². The number of nitrogens with one attached hydrogen (secondary N) is 1. The van der Waals surface area contributed by atoms with Gasteiger partial charge in [-0.15, -0.1) is 10.2 Å². The lowest BCUT2D eigenvalue weighted by Gasteiger charge is -2.17. The van der Waals surface area contributed by atoms with E-state index in [0.29, 0.717) is 9.25 Å². The molecular weight excluding hydrogens is 588 g/mol. The highest BCUT2D eigenvalue weighted by molar-refractivity contribution is 6.30. The molecule has 0 aliphatic rings. The second-order valence-corrected chi connectivity index (χ2v) is 8.98. The molecule has 4 rings (SSSR count). The third-order valence-corrected chi connectivity index (χ3v) is 5.86. The van der Waals surface area contributed by atoms with Gasteiger partial charge in [0.25, 0.3) is 0 Å². The molecule has 4 aromatic rings. The van der Waals surface area contributed by atoms with E-state index in [1.165, 1.54) is 30.3 Å². The summed E-state index contributed by atoms with van der Waals surface area (Å²) in [5, 5.41) is 23.2. The molecule has 11 nitrogen and oxygen atoms in total. The molecule has 218 valence electrons. The average Bonchev–Trinajstić information content (AvgIpc) is 3.45. The minimum atomic E-state index is -5.07. The molecule has 1 amide bonds. The molecule has 2 aromatic carbocycles. The predicted octanol–water partition coefficient (Wildman–Crippen LogP) is 3.18. The third kappa shape index (κ3) is 6.86. The summed E-state index contributed by atoms with van der Waals surface area (Å²) in [5.74, 6) is -1.72. The van der Waals surface area contributed by atoms with Crippen LogP contribution in [-0.4, -0.2) is 47.8 Å². The number of hydrogen-bond donors (Lipinski definition) is 3. The van der Waals surface area contributed by atoms with E-state index in [-0.39, 0.29) is 27.9 Å². The number of carbonyl (C=O) groups is 1. The lowest BCUT2D eigenvalue weighted by molar-refractivity contribution is -0.207. The minimum Gasteiger partial charge on any atom is -0.406 e. The maximum Gasteiger partial charge on any atom is 0.416 e. The second-order valence-electron chi connectivity index (χ2n) is 8.54. The number of carbonyl (C=O) groups excluding carboxylic acids is 1. The van der Waals surface area contributed by atoms with E-state index in [1.54, 1.807) is 0 Å². The Morgan fingerprint density at radius 1 is 1.10 bits per heavy atom. The Hall–Kier alpha value is -4.38. The van der Waals surface area contributed by atoms with Crippen LogP contribution in [0.2, 0.25) is 5.02 Å². The first-order chi connectivity index (χ1) is 19.1. The molecule has 0 saturated carbocycles. The van der Waals surface area contributed by atoms with Gasteiger partial charge < -0.3 is 20.6 Å². The standard InChI is InChI=1S/C23H18ClF6N7O4/c24-14-6-4-11(5-7-14)18-35-37(21(40)36(18)9-15(38)23(28,29)30)10-16(39)32-17(19-33-34-20(31)41-19)12-2-1-3-13(8-12)22(25,26)27/h1-8,15,17,38H,9-10H2,(H2,31,34)(H,32,39). The smallest absolute Gasteiger partial charge is 0.406 e. The molecule has 0 fully saturated rings. The van der Waals surface area contributed by atoms with Crippen molar-refractivity contribution in [3.63, 3.8) is 0 Å². The van der Waals surface area contributed by atoms with Crippen molar-refractivity contribution in [3.05, 3.63) is 81.1 Å². The van der Waals surface area contributed by atoms with Crippen LogP contribution in [0.3, 0.4) is 0 Å². The highest BCUT2D eigenvalue weighted by atomic mass is 35.5. The van der Waals surface area contributed by atoms with E-state index < -0.39 is 60.8 Å². The quantitative estimate of drug-likeness (QED) is 0.259. The Morgan fingerprint density at radius 3 is 2.37 bits per heavy atom. The molecule has 18 heteroatoms. The zero-order valence-electron chi connectivity index (χ0n) is 20.3. The second kappa shape index (κ2) is 11.2. The molecule has 0 aliphatic heterocycles. The molecule has 0 spiro atoms. The summed E-state index contributed by atoms with van der Waals surface area (Å²) in [6, 6.07) is 7.40. The van der Waals surface area contributed by atoms with Gasteiger partial charge in [0.2, 0.25) is 11.8 Å². The molecule has 2 atom stereocenters. The first kappa shape index (κ1) is 29.6. The molecule has 2 unspecified atom stereocenters. The van der Waals surface area contributed by atoms with Crippen LogP contribution >= 0.6 is 11.6 Å². The van der Waals surface area contributed by atoms with Gasteiger partial charge in [0, 0.05) is 10.6 Å². The van der Waals surface area contributed by atoms with Crippen molar-refractivity contribution in [2.24, 2.45) is 0 Å². The Morgan fingerprint density at radius 2 is 1.78 bits per heavy atom. The molecule has 0 bridgehead atoms. The SMILES string of the molecule is Nc1nnc(C(NC(=O)Cn2nc(-c3ccc(Cl)cc3)n(CC(O)C(F)(F)F)c2=O)c2cccc(C(F)(F)F)c2)o1. The van der Waals surface area contributed by atoms with Gasteiger partial charge in [0.1, 0.15) is 12.6 Å². The normalized spacial score (nSPS) is 13.7. The van der Waals surface area contributed by atoms with Gasteiger partial charge in [-0.3, -0.25) is 9.36 Å². The number of aliphatic hydroxyl groups is 1. The highest BCUT2D eigenvalue weighted by Crippen LogP contribution is 2.32. The predicted molar refractivity (Wildman–Crippen MR) is 129 cm³/mol. The van der Waals surface area contributed by atoms with Gasteiger partial charge in [-0.05, 0) is 42.0 Å². The van der Waals surface area contributed by atoms with Gasteiger partial charge >= 0.3 is 24.1 Å². The summed E-state index contributed by atoms with van der Waals surface area (Å²) in [6.07, 6.45) is -12.7. The molecule has 41 heavy (non-hydrogen) atoms. The van der Waals surface area contributed by atoms with Gasteiger partial charge in [-0.1, -0.05) is 28.8 Å². The topological polar surface area (TPSA) is 154 Å². The van der Waals surface area contributed by atoms with Crippen molar-refractivity contribution in [3.8, 4) is 11.4 Å². The molecule has 0 radical (unpaired) electrons. The van der Waals surface area contributed by atoms with Crippen molar-refractivity contribution in [1.29, 1.82) is 0 Å². The monoisotopic (exact) mass is 605 g/mol. The number of nitrogen functional groups attached to an aromatic ring is 1. The Balaban J connectivity index is 1.68. The van der Waals surface area contributed by atoms with Crippen molar-refractivity contribution in [2.45, 2.75) is 37.6 Å². The van der Waals surface area contributed by atoms with Crippen molar-refractivity contribution < 1.29 is 40.7 Å². The fraction of sp³-hybridized carbons (Fsp3) is 0.261. The van der Waals surface area contributed by atoms with E-state index in [4.69, 9.17) is 21.8 Å². The van der Waals surface area contributed by atoms with E-state index in [1.807, 2.05) is 0 Å². The largest absolute Gasteiger partial charge is 0.416 e. The van der Waals surface area contributed by atoms with Crippen molar-refractivity contribution in [1.82, 2.24) is 29.9 Å². The number of nitrogens with two attached hydrogens (primary N) is 1. The van der Waals surface area contributed by atoms with Crippen molar-refractivity contribution >= 4 is 23.5 Å². The average molecular weight is 606 g/mol. The van der Waals surface area contributed by atoms with Gasteiger partial charge in [0.15, 0.2) is 11.9 Å². The summed E-state index contributed by atoms with van der Waals surface area (Å²) in [4.78, 5) is 26.0. The van der Waals surface area contributed by atoms with Crippen LogP contribution in [0.15, 0.2) is 57.7 Å². The van der Waals surface area contributed by atoms with Crippen LogP contribution in [0.5, 0.6) is 0 Å². The van der Waals surface area contributed by atoms with E-state index in [2.05, 4.69) is 20.6 Å².